The zero-order valence-corrected chi connectivity index (χ0v) is 16.3. The van der Waals surface area contributed by atoms with Crippen molar-refractivity contribution in [2.45, 2.75) is 6.92 Å². The third kappa shape index (κ3) is 3.78. The van der Waals surface area contributed by atoms with Gasteiger partial charge in [-0.1, -0.05) is 0 Å². The maximum absolute atomic E-state index is 12.2. The molecule has 146 valence electrons. The number of benzene rings is 2. The molecule has 0 N–H and O–H groups in total. The average Bonchev–Trinajstić information content (AvgIpc) is 3.19. The summed E-state index contributed by atoms with van der Waals surface area (Å²) in [5.41, 5.74) is 2.54. The summed E-state index contributed by atoms with van der Waals surface area (Å²) >= 11 is 0. The molecule has 7 nitrogen and oxygen atoms in total. The maximum Gasteiger partial charge on any atom is 0.358 e. The first-order valence-corrected chi connectivity index (χ1v) is 8.75. The molecule has 0 radical (unpaired) electrons. The molecule has 7 heteroatoms. The van der Waals surface area contributed by atoms with E-state index in [0.29, 0.717) is 17.2 Å². The molecule has 3 rings (SSSR count). The molecule has 2 aromatic carbocycles. The van der Waals surface area contributed by atoms with Crippen LogP contribution in [-0.2, 0) is 4.74 Å². The number of aromatic nitrogens is 2. The normalized spacial score (nSPS) is 10.4. The van der Waals surface area contributed by atoms with Gasteiger partial charge in [-0.25, -0.2) is 9.48 Å². The Morgan fingerprint density at radius 2 is 1.64 bits per heavy atom. The van der Waals surface area contributed by atoms with Crippen molar-refractivity contribution in [3.8, 4) is 34.2 Å². The van der Waals surface area contributed by atoms with Crippen molar-refractivity contribution in [2.75, 3.05) is 27.9 Å². The molecular formula is C21H22N2O5. The fraction of sp³-hybridized carbons (Fsp3) is 0.238. The smallest absolute Gasteiger partial charge is 0.358 e. The van der Waals surface area contributed by atoms with Crippen molar-refractivity contribution in [3.63, 3.8) is 0 Å². The van der Waals surface area contributed by atoms with Crippen molar-refractivity contribution in [2.24, 2.45) is 0 Å². The predicted molar refractivity (Wildman–Crippen MR) is 105 cm³/mol. The van der Waals surface area contributed by atoms with Gasteiger partial charge >= 0.3 is 5.97 Å². The SMILES string of the molecule is CCOC(=O)c1cc(-c2ccc(OC)c(OC)c2)n(-c2ccc(OC)cc2)n1. The number of carbonyl (C=O) groups excluding carboxylic acids is 1. The summed E-state index contributed by atoms with van der Waals surface area (Å²) in [5.74, 6) is 1.46. The van der Waals surface area contributed by atoms with Crippen LogP contribution in [0, 0.1) is 0 Å². The number of nitrogens with zero attached hydrogens (tertiary/aromatic N) is 2. The zero-order chi connectivity index (χ0) is 20.1. The molecule has 0 fully saturated rings. The van der Waals surface area contributed by atoms with Gasteiger partial charge in [-0.2, -0.15) is 5.10 Å². The summed E-state index contributed by atoms with van der Waals surface area (Å²) in [4.78, 5) is 12.2. The van der Waals surface area contributed by atoms with E-state index in [-0.39, 0.29) is 12.3 Å². The molecule has 0 unspecified atom stereocenters. The Bertz CT molecular complexity index is 963. The van der Waals surface area contributed by atoms with Crippen molar-refractivity contribution in [1.29, 1.82) is 0 Å². The van der Waals surface area contributed by atoms with Gasteiger partial charge in [0, 0.05) is 5.56 Å². The van der Waals surface area contributed by atoms with Crippen LogP contribution in [0.15, 0.2) is 48.5 Å². The molecule has 3 aromatic rings. The first-order valence-electron chi connectivity index (χ1n) is 8.75. The van der Waals surface area contributed by atoms with Crippen LogP contribution in [0.1, 0.15) is 17.4 Å². The van der Waals surface area contributed by atoms with Crippen molar-refractivity contribution in [3.05, 3.63) is 54.2 Å². The lowest BCUT2D eigenvalue weighted by Crippen LogP contribution is -2.06. The number of carbonyl (C=O) groups is 1. The number of rotatable bonds is 7. The second kappa shape index (κ2) is 8.47. The van der Waals surface area contributed by atoms with Crippen LogP contribution >= 0.6 is 0 Å². The van der Waals surface area contributed by atoms with Gasteiger partial charge in [-0.15, -0.1) is 0 Å². The summed E-state index contributed by atoms with van der Waals surface area (Å²) in [7, 11) is 4.77. The second-order valence-electron chi connectivity index (χ2n) is 5.81. The fourth-order valence-electron chi connectivity index (χ4n) is 2.81. The van der Waals surface area contributed by atoms with E-state index in [9.17, 15) is 4.79 Å². The number of methoxy groups -OCH3 is 3. The van der Waals surface area contributed by atoms with Crippen LogP contribution in [0.4, 0.5) is 0 Å². The number of ether oxygens (including phenoxy) is 4. The van der Waals surface area contributed by atoms with Crippen LogP contribution in [-0.4, -0.2) is 43.7 Å². The molecule has 0 bridgehead atoms. The van der Waals surface area contributed by atoms with E-state index >= 15 is 0 Å². The Kier molecular flexibility index (Phi) is 5.84. The molecule has 0 atom stereocenters. The molecule has 0 amide bonds. The fourth-order valence-corrected chi connectivity index (χ4v) is 2.81. The maximum atomic E-state index is 12.2. The van der Waals surface area contributed by atoms with Gasteiger partial charge in [0.1, 0.15) is 5.75 Å². The Hall–Kier alpha value is -3.48. The van der Waals surface area contributed by atoms with Gasteiger partial charge in [0.25, 0.3) is 0 Å². The van der Waals surface area contributed by atoms with Crippen LogP contribution in [0.25, 0.3) is 16.9 Å². The second-order valence-corrected chi connectivity index (χ2v) is 5.81. The van der Waals surface area contributed by atoms with Crippen LogP contribution < -0.4 is 14.2 Å². The first-order chi connectivity index (χ1) is 13.6. The number of hydrogen-bond donors (Lipinski definition) is 0. The lowest BCUT2D eigenvalue weighted by atomic mass is 10.1. The van der Waals surface area contributed by atoms with Gasteiger partial charge in [0.15, 0.2) is 17.2 Å². The lowest BCUT2D eigenvalue weighted by Gasteiger charge is -2.11. The van der Waals surface area contributed by atoms with E-state index in [1.807, 2.05) is 42.5 Å². The molecule has 1 aromatic heterocycles. The molecule has 0 aliphatic heterocycles. The molecule has 28 heavy (non-hydrogen) atoms. The molecular weight excluding hydrogens is 360 g/mol. The van der Waals surface area contributed by atoms with Crippen LogP contribution in [0.2, 0.25) is 0 Å². The van der Waals surface area contributed by atoms with Crippen LogP contribution in [0.5, 0.6) is 17.2 Å². The van der Waals surface area contributed by atoms with E-state index in [4.69, 9.17) is 18.9 Å². The summed E-state index contributed by atoms with van der Waals surface area (Å²) in [6, 6.07) is 14.6. The lowest BCUT2D eigenvalue weighted by molar-refractivity contribution is 0.0519. The Balaban J connectivity index is 2.13. The van der Waals surface area contributed by atoms with E-state index in [2.05, 4.69) is 5.10 Å². The third-order valence-corrected chi connectivity index (χ3v) is 4.19. The van der Waals surface area contributed by atoms with Gasteiger partial charge in [0.05, 0.1) is 39.3 Å². The monoisotopic (exact) mass is 382 g/mol. The highest BCUT2D eigenvalue weighted by atomic mass is 16.5. The van der Waals surface area contributed by atoms with Crippen molar-refractivity contribution >= 4 is 5.97 Å². The Morgan fingerprint density at radius 1 is 0.929 bits per heavy atom. The Labute approximate surface area is 163 Å². The highest BCUT2D eigenvalue weighted by molar-refractivity contribution is 5.89. The van der Waals surface area contributed by atoms with Crippen LogP contribution in [0.3, 0.4) is 0 Å². The predicted octanol–water partition coefficient (Wildman–Crippen LogP) is 3.74. The highest BCUT2D eigenvalue weighted by Crippen LogP contribution is 2.33. The Morgan fingerprint density at radius 3 is 2.25 bits per heavy atom. The standard InChI is InChI=1S/C21H22N2O5/c1-5-28-21(24)17-13-18(14-6-11-19(26-3)20(12-14)27-4)23(22-17)15-7-9-16(25-2)10-8-15/h6-13H,5H2,1-4H3. The van der Waals surface area contributed by atoms with E-state index < -0.39 is 5.97 Å². The van der Waals surface area contributed by atoms with Crippen molar-refractivity contribution in [1.82, 2.24) is 9.78 Å². The molecule has 0 spiro atoms. The molecule has 0 saturated carbocycles. The topological polar surface area (TPSA) is 71.8 Å². The molecule has 0 aliphatic carbocycles. The minimum Gasteiger partial charge on any atom is -0.497 e. The van der Waals surface area contributed by atoms with E-state index in [0.717, 1.165) is 17.0 Å². The minimum atomic E-state index is -0.475. The van der Waals surface area contributed by atoms with E-state index in [1.54, 1.807) is 39.0 Å². The summed E-state index contributed by atoms with van der Waals surface area (Å²) in [5, 5.41) is 4.46. The zero-order valence-electron chi connectivity index (χ0n) is 16.3. The largest absolute Gasteiger partial charge is 0.497 e. The molecule has 0 saturated heterocycles. The first kappa shape index (κ1) is 19.3. The van der Waals surface area contributed by atoms with Gasteiger partial charge in [-0.3, -0.25) is 0 Å². The molecule has 1 heterocycles. The highest BCUT2D eigenvalue weighted by Gasteiger charge is 2.19. The summed E-state index contributed by atoms with van der Waals surface area (Å²) < 4.78 is 22.7. The van der Waals surface area contributed by atoms with Gasteiger partial charge in [0.2, 0.25) is 0 Å². The quantitative estimate of drug-likeness (QED) is 0.580. The summed E-state index contributed by atoms with van der Waals surface area (Å²) in [6.45, 7) is 2.04. The van der Waals surface area contributed by atoms with Gasteiger partial charge in [-0.05, 0) is 55.5 Å². The average molecular weight is 382 g/mol. The van der Waals surface area contributed by atoms with Gasteiger partial charge < -0.3 is 18.9 Å². The molecule has 0 aliphatic rings. The number of esters is 1. The minimum absolute atomic E-state index is 0.224. The van der Waals surface area contributed by atoms with E-state index in [1.165, 1.54) is 0 Å². The summed E-state index contributed by atoms with van der Waals surface area (Å²) in [6.07, 6.45) is 0. The number of hydrogen-bond acceptors (Lipinski definition) is 6. The third-order valence-electron chi connectivity index (χ3n) is 4.19. The van der Waals surface area contributed by atoms with Crippen molar-refractivity contribution < 1.29 is 23.7 Å².